The summed E-state index contributed by atoms with van der Waals surface area (Å²) in [6.45, 7) is 13.1. The molecule has 7 heteroatoms. The maximum atomic E-state index is 13.1. The molecule has 3 aromatic rings. The van der Waals surface area contributed by atoms with E-state index in [2.05, 4.69) is 37.3 Å². The van der Waals surface area contributed by atoms with Gasteiger partial charge >= 0.3 is 0 Å². The first-order valence-corrected chi connectivity index (χ1v) is 11.6. The van der Waals surface area contributed by atoms with Crippen LogP contribution in [0, 0.1) is 6.92 Å². The van der Waals surface area contributed by atoms with E-state index in [1.807, 2.05) is 63.2 Å². The number of aromatic nitrogens is 2. The minimum atomic E-state index is -0.369. The van der Waals surface area contributed by atoms with Gasteiger partial charge in [0.2, 0.25) is 0 Å². The Labute approximate surface area is 201 Å². The lowest BCUT2D eigenvalue weighted by Crippen LogP contribution is -2.31. The lowest BCUT2D eigenvalue weighted by molar-refractivity contribution is -0.118. The van der Waals surface area contributed by atoms with Gasteiger partial charge in [-0.3, -0.25) is 9.59 Å². The van der Waals surface area contributed by atoms with Crippen LogP contribution in [0.25, 0.3) is 5.69 Å². The van der Waals surface area contributed by atoms with Crippen LogP contribution in [0.15, 0.2) is 54.7 Å². The van der Waals surface area contributed by atoms with E-state index in [0.29, 0.717) is 30.2 Å². The van der Waals surface area contributed by atoms with Crippen molar-refractivity contribution in [2.24, 2.45) is 0 Å². The fourth-order valence-corrected chi connectivity index (χ4v) is 3.74. The van der Waals surface area contributed by atoms with Crippen LogP contribution >= 0.6 is 0 Å². The van der Waals surface area contributed by atoms with Gasteiger partial charge in [-0.05, 0) is 49.9 Å². The van der Waals surface area contributed by atoms with Gasteiger partial charge < -0.3 is 15.0 Å². The Morgan fingerprint density at radius 2 is 1.74 bits per heavy atom. The molecule has 0 spiro atoms. The molecule has 2 aromatic carbocycles. The topological polar surface area (TPSA) is 76.5 Å². The summed E-state index contributed by atoms with van der Waals surface area (Å²) >= 11 is 0. The Kier molecular flexibility index (Phi) is 7.76. The SMILES string of the molecule is CCN(CC)C(=O)c1cnn(-c2ccccc2)c1NC(=O)COc1ccc(C)cc1C(C)(C)C. The Morgan fingerprint density at radius 1 is 1.06 bits per heavy atom. The molecular formula is C27H34N4O3. The summed E-state index contributed by atoms with van der Waals surface area (Å²) in [5, 5.41) is 7.27. The van der Waals surface area contributed by atoms with E-state index in [-0.39, 0.29) is 23.8 Å². The molecule has 1 N–H and O–H groups in total. The van der Waals surface area contributed by atoms with Crippen LogP contribution in [-0.4, -0.2) is 46.2 Å². The highest BCUT2D eigenvalue weighted by Gasteiger charge is 2.24. The highest BCUT2D eigenvalue weighted by molar-refractivity contribution is 6.03. The molecule has 2 amide bonds. The number of aryl methyl sites for hydroxylation is 1. The number of nitrogens with zero attached hydrogens (tertiary/aromatic N) is 3. The molecule has 0 fully saturated rings. The van der Waals surface area contributed by atoms with Crippen molar-refractivity contribution in [3.05, 3.63) is 71.4 Å². The second kappa shape index (κ2) is 10.5. The minimum absolute atomic E-state index is 0.132. The van der Waals surface area contributed by atoms with E-state index >= 15 is 0 Å². The summed E-state index contributed by atoms with van der Waals surface area (Å²) in [6.07, 6.45) is 1.50. The third-order valence-electron chi connectivity index (χ3n) is 5.61. The standard InChI is InChI=1S/C27H34N4O3/c1-7-30(8-2)26(33)21-17-28-31(20-12-10-9-11-13-20)25(21)29-24(32)18-34-23-15-14-19(3)16-22(23)27(4,5)6/h9-17H,7-8,18H2,1-6H3,(H,29,32). The van der Waals surface area contributed by atoms with Crippen molar-refractivity contribution in [1.82, 2.24) is 14.7 Å². The summed E-state index contributed by atoms with van der Waals surface area (Å²) in [5.74, 6) is 0.449. The Balaban J connectivity index is 1.88. The summed E-state index contributed by atoms with van der Waals surface area (Å²) in [5.41, 5.74) is 3.12. The molecule has 3 rings (SSSR count). The average Bonchev–Trinajstić information content (AvgIpc) is 3.22. The van der Waals surface area contributed by atoms with E-state index in [4.69, 9.17) is 4.74 Å². The van der Waals surface area contributed by atoms with Crippen molar-refractivity contribution in [3.8, 4) is 11.4 Å². The number of benzene rings is 2. The molecule has 0 aliphatic heterocycles. The maximum absolute atomic E-state index is 13.1. The van der Waals surface area contributed by atoms with Gasteiger partial charge in [-0.1, -0.05) is 56.7 Å². The molecule has 7 nitrogen and oxygen atoms in total. The molecule has 0 aliphatic carbocycles. The summed E-state index contributed by atoms with van der Waals surface area (Å²) in [6, 6.07) is 15.3. The zero-order valence-corrected chi connectivity index (χ0v) is 20.9. The fourth-order valence-electron chi connectivity index (χ4n) is 3.74. The Hall–Kier alpha value is -3.61. The van der Waals surface area contributed by atoms with Crippen molar-refractivity contribution >= 4 is 17.6 Å². The minimum Gasteiger partial charge on any atom is -0.483 e. The maximum Gasteiger partial charge on any atom is 0.263 e. The van der Waals surface area contributed by atoms with Crippen LogP contribution in [-0.2, 0) is 10.2 Å². The third-order valence-corrected chi connectivity index (χ3v) is 5.61. The van der Waals surface area contributed by atoms with Crippen molar-refractivity contribution in [1.29, 1.82) is 0 Å². The molecule has 0 radical (unpaired) electrons. The first-order chi connectivity index (χ1) is 16.2. The van der Waals surface area contributed by atoms with Crippen LogP contribution in [0.4, 0.5) is 5.82 Å². The predicted octanol–water partition coefficient (Wildman–Crippen LogP) is 4.98. The van der Waals surface area contributed by atoms with E-state index in [0.717, 1.165) is 16.8 Å². The summed E-state index contributed by atoms with van der Waals surface area (Å²) in [7, 11) is 0. The van der Waals surface area contributed by atoms with Gasteiger partial charge in [0.1, 0.15) is 17.1 Å². The number of anilines is 1. The molecule has 0 saturated carbocycles. The van der Waals surface area contributed by atoms with Crippen molar-refractivity contribution in [2.45, 2.75) is 47.0 Å². The summed E-state index contributed by atoms with van der Waals surface area (Å²) < 4.78 is 7.50. The fraction of sp³-hybridized carbons (Fsp3) is 0.370. The van der Waals surface area contributed by atoms with Crippen LogP contribution in [0.3, 0.4) is 0 Å². The normalized spacial score (nSPS) is 11.2. The Bertz CT molecular complexity index is 1140. The largest absolute Gasteiger partial charge is 0.483 e. The number of ether oxygens (including phenoxy) is 1. The number of hydrogen-bond donors (Lipinski definition) is 1. The van der Waals surface area contributed by atoms with Crippen molar-refractivity contribution in [2.75, 3.05) is 25.0 Å². The third kappa shape index (κ3) is 5.65. The zero-order valence-electron chi connectivity index (χ0n) is 20.9. The van der Waals surface area contributed by atoms with Gasteiger partial charge in [0.15, 0.2) is 6.61 Å². The van der Waals surface area contributed by atoms with Gasteiger partial charge in [-0.15, -0.1) is 0 Å². The lowest BCUT2D eigenvalue weighted by Gasteiger charge is -2.23. The van der Waals surface area contributed by atoms with Gasteiger partial charge in [0.25, 0.3) is 11.8 Å². The number of rotatable bonds is 8. The molecule has 0 unspecified atom stereocenters. The van der Waals surface area contributed by atoms with Crippen molar-refractivity contribution < 1.29 is 14.3 Å². The molecule has 0 aliphatic rings. The first-order valence-electron chi connectivity index (χ1n) is 11.6. The summed E-state index contributed by atoms with van der Waals surface area (Å²) in [4.78, 5) is 27.8. The van der Waals surface area contributed by atoms with Gasteiger partial charge in [-0.25, -0.2) is 4.68 Å². The number of para-hydroxylation sites is 1. The molecule has 1 aromatic heterocycles. The molecule has 0 atom stereocenters. The van der Waals surface area contributed by atoms with Gasteiger partial charge in [0.05, 0.1) is 11.9 Å². The monoisotopic (exact) mass is 462 g/mol. The number of amides is 2. The van der Waals surface area contributed by atoms with Gasteiger partial charge in [-0.2, -0.15) is 5.10 Å². The molecule has 1 heterocycles. The van der Waals surface area contributed by atoms with E-state index in [1.54, 1.807) is 9.58 Å². The first kappa shape index (κ1) is 25.0. The molecule has 180 valence electrons. The van der Waals surface area contributed by atoms with Crippen LogP contribution in [0.1, 0.15) is 56.1 Å². The van der Waals surface area contributed by atoms with Crippen molar-refractivity contribution in [3.63, 3.8) is 0 Å². The number of carbonyl (C=O) groups excluding carboxylic acids is 2. The van der Waals surface area contributed by atoms with Crippen LogP contribution in [0.2, 0.25) is 0 Å². The smallest absolute Gasteiger partial charge is 0.263 e. The average molecular weight is 463 g/mol. The highest BCUT2D eigenvalue weighted by Crippen LogP contribution is 2.32. The molecular weight excluding hydrogens is 428 g/mol. The number of carbonyl (C=O) groups is 2. The van der Waals surface area contributed by atoms with Crippen LogP contribution in [0.5, 0.6) is 5.75 Å². The Morgan fingerprint density at radius 3 is 2.35 bits per heavy atom. The predicted molar refractivity (Wildman–Crippen MR) is 135 cm³/mol. The molecule has 0 bridgehead atoms. The van der Waals surface area contributed by atoms with Gasteiger partial charge in [0, 0.05) is 13.1 Å². The quantitative estimate of drug-likeness (QED) is 0.512. The highest BCUT2D eigenvalue weighted by atomic mass is 16.5. The van der Waals surface area contributed by atoms with E-state index in [9.17, 15) is 9.59 Å². The lowest BCUT2D eigenvalue weighted by atomic mass is 9.85. The number of hydrogen-bond acceptors (Lipinski definition) is 4. The van der Waals surface area contributed by atoms with Crippen LogP contribution < -0.4 is 10.1 Å². The molecule has 0 saturated heterocycles. The van der Waals surface area contributed by atoms with E-state index in [1.165, 1.54) is 6.20 Å². The second-order valence-electron chi connectivity index (χ2n) is 9.22. The van der Waals surface area contributed by atoms with E-state index < -0.39 is 0 Å². The number of nitrogens with one attached hydrogen (secondary N) is 1. The zero-order chi connectivity index (χ0) is 24.9. The molecule has 34 heavy (non-hydrogen) atoms. The second-order valence-corrected chi connectivity index (χ2v) is 9.22.